The number of likely N-dealkylation sites (tertiary alicyclic amines) is 1. The molecule has 0 N–H and O–H groups in total. The number of methoxy groups -OCH3 is 1. The van der Waals surface area contributed by atoms with Gasteiger partial charge in [0.15, 0.2) is 0 Å². The van der Waals surface area contributed by atoms with Crippen molar-refractivity contribution in [2.45, 2.75) is 58.4 Å². The Kier molecular flexibility index (Phi) is 9.13. The number of hydrogen-bond acceptors (Lipinski definition) is 6. The molecule has 1 aromatic rings. The first-order valence-corrected chi connectivity index (χ1v) is 14.4. The van der Waals surface area contributed by atoms with Gasteiger partial charge in [0.1, 0.15) is 12.4 Å². The summed E-state index contributed by atoms with van der Waals surface area (Å²) in [5.41, 5.74) is 1.36. The lowest BCUT2D eigenvalue weighted by Crippen LogP contribution is -2.60. The maximum Gasteiger partial charge on any atom is 0.248 e. The fraction of sp³-hybridized carbons (Fsp3) is 0.741. The molecule has 1 aromatic carbocycles. The first kappa shape index (κ1) is 28.9. The van der Waals surface area contributed by atoms with Gasteiger partial charge in [0.25, 0.3) is 0 Å². The van der Waals surface area contributed by atoms with Crippen LogP contribution in [0.25, 0.3) is 0 Å². The van der Waals surface area contributed by atoms with Crippen LogP contribution in [0.4, 0.5) is 0 Å². The summed E-state index contributed by atoms with van der Waals surface area (Å²) in [7, 11) is 1.27. The number of sulfonamides is 1. The molecule has 2 aliphatic rings. The van der Waals surface area contributed by atoms with E-state index in [2.05, 4.69) is 25.7 Å². The van der Waals surface area contributed by atoms with Gasteiger partial charge >= 0.3 is 0 Å². The molecule has 9 heteroatoms. The zero-order valence-corrected chi connectivity index (χ0v) is 24.2. The molecule has 3 rings (SSSR count). The number of hydrogen-bond donors (Lipinski definition) is 0. The maximum absolute atomic E-state index is 13.1. The molecule has 8 nitrogen and oxygen atoms in total. The molecule has 1 heterocycles. The van der Waals surface area contributed by atoms with E-state index in [-0.39, 0.29) is 42.0 Å². The number of rotatable bonds is 12. The second kappa shape index (κ2) is 11.4. The minimum atomic E-state index is -3.69. The van der Waals surface area contributed by atoms with Crippen molar-refractivity contribution in [3.05, 3.63) is 23.3 Å². The van der Waals surface area contributed by atoms with Crippen molar-refractivity contribution in [1.29, 1.82) is 0 Å². The third kappa shape index (κ3) is 6.06. The van der Waals surface area contributed by atoms with E-state index < -0.39 is 10.0 Å². The van der Waals surface area contributed by atoms with E-state index >= 15 is 0 Å². The van der Waals surface area contributed by atoms with E-state index in [1.165, 1.54) is 30.9 Å². The van der Waals surface area contributed by atoms with E-state index in [1.54, 1.807) is 33.1 Å². The lowest BCUT2D eigenvalue weighted by Gasteiger charge is -2.56. The first-order valence-electron chi connectivity index (χ1n) is 13.0. The Morgan fingerprint density at radius 1 is 1.17 bits per heavy atom. The number of amides is 1. The zero-order valence-electron chi connectivity index (χ0n) is 23.3. The largest absolute Gasteiger partial charge is 0.497 e. The highest BCUT2D eigenvalue weighted by Crippen LogP contribution is 2.50. The minimum Gasteiger partial charge on any atom is -0.497 e. The Morgan fingerprint density at radius 2 is 1.78 bits per heavy atom. The molecule has 1 saturated heterocycles. The average molecular weight is 524 g/mol. The van der Waals surface area contributed by atoms with Crippen molar-refractivity contribution in [3.8, 4) is 5.75 Å². The number of nitrogens with zero attached hydrogens (tertiary/aromatic N) is 3. The third-order valence-electron chi connectivity index (χ3n) is 8.33. The summed E-state index contributed by atoms with van der Waals surface area (Å²) in [6.07, 6.45) is 2.21. The zero-order chi connectivity index (χ0) is 26.8. The van der Waals surface area contributed by atoms with Crippen LogP contribution < -0.4 is 4.74 Å². The van der Waals surface area contributed by atoms with Gasteiger partial charge in [0.2, 0.25) is 15.9 Å². The fourth-order valence-corrected chi connectivity index (χ4v) is 7.38. The maximum atomic E-state index is 13.1. The van der Waals surface area contributed by atoms with Crippen LogP contribution >= 0.6 is 0 Å². The minimum absolute atomic E-state index is 0.0477. The normalized spacial score (nSPS) is 22.2. The fourth-order valence-electron chi connectivity index (χ4n) is 5.82. The summed E-state index contributed by atoms with van der Waals surface area (Å²) < 4.78 is 38.4. The summed E-state index contributed by atoms with van der Waals surface area (Å²) in [6, 6.07) is 3.64. The molecule has 0 radical (unpaired) electrons. The van der Waals surface area contributed by atoms with Gasteiger partial charge < -0.3 is 19.3 Å². The van der Waals surface area contributed by atoms with E-state index in [0.717, 1.165) is 18.9 Å². The molecular weight excluding hydrogens is 478 g/mol. The molecule has 1 amide bonds. The van der Waals surface area contributed by atoms with Crippen LogP contribution in [0.5, 0.6) is 5.75 Å². The summed E-state index contributed by atoms with van der Waals surface area (Å²) in [5.74, 6) is 2.02. The van der Waals surface area contributed by atoms with Crippen molar-refractivity contribution >= 4 is 15.9 Å². The molecule has 0 spiro atoms. The van der Waals surface area contributed by atoms with E-state index in [0.29, 0.717) is 22.8 Å². The second-order valence-corrected chi connectivity index (χ2v) is 13.4. The van der Waals surface area contributed by atoms with Crippen LogP contribution in [0.3, 0.4) is 0 Å². The molecule has 0 unspecified atom stereocenters. The number of ether oxygens (including phenoxy) is 2. The number of likely N-dealkylation sites (N-methyl/N-ethyl adjacent to an activating group) is 2. The molecule has 2 fully saturated rings. The number of carbonyl (C=O) groups is 1. The SMILES string of the molecule is COc1cc(C)c(S(=O)(=O)N(C)CCOCC(=O)N(C)[C@@H]2C[C@H](CCN3CC(C)C3)C2(C)C)c(C)c1. The van der Waals surface area contributed by atoms with Gasteiger partial charge in [-0.15, -0.1) is 0 Å². The molecule has 1 saturated carbocycles. The number of benzene rings is 1. The molecule has 204 valence electrons. The Labute approximate surface area is 218 Å². The molecule has 0 bridgehead atoms. The number of carbonyl (C=O) groups excluding carboxylic acids is 1. The summed E-state index contributed by atoms with van der Waals surface area (Å²) in [6.45, 7) is 14.2. The quantitative estimate of drug-likeness (QED) is 0.392. The Balaban J connectivity index is 1.44. The van der Waals surface area contributed by atoms with Crippen molar-refractivity contribution in [2.24, 2.45) is 17.3 Å². The van der Waals surface area contributed by atoms with Crippen LogP contribution in [0, 0.1) is 31.1 Å². The highest BCUT2D eigenvalue weighted by Gasteiger charge is 2.50. The van der Waals surface area contributed by atoms with Gasteiger partial charge in [0.05, 0.1) is 18.6 Å². The number of aryl methyl sites for hydroxylation is 2. The summed E-state index contributed by atoms with van der Waals surface area (Å²) in [5, 5.41) is 0. The van der Waals surface area contributed by atoms with E-state index in [4.69, 9.17) is 9.47 Å². The predicted octanol–water partition coefficient (Wildman–Crippen LogP) is 3.16. The van der Waals surface area contributed by atoms with Crippen LogP contribution in [0.15, 0.2) is 17.0 Å². The highest BCUT2D eigenvalue weighted by atomic mass is 32.2. The average Bonchev–Trinajstić information content (AvgIpc) is 2.78. The Hall–Kier alpha value is -1.68. The van der Waals surface area contributed by atoms with E-state index in [9.17, 15) is 13.2 Å². The van der Waals surface area contributed by atoms with Gasteiger partial charge in [-0.05, 0) is 73.7 Å². The van der Waals surface area contributed by atoms with Gasteiger partial charge in [-0.2, -0.15) is 4.31 Å². The van der Waals surface area contributed by atoms with Crippen molar-refractivity contribution in [3.63, 3.8) is 0 Å². The molecule has 0 aromatic heterocycles. The van der Waals surface area contributed by atoms with Crippen LogP contribution in [0.2, 0.25) is 0 Å². The first-order chi connectivity index (χ1) is 16.8. The van der Waals surface area contributed by atoms with Crippen LogP contribution in [0.1, 0.15) is 44.7 Å². The highest BCUT2D eigenvalue weighted by molar-refractivity contribution is 7.89. The summed E-state index contributed by atoms with van der Waals surface area (Å²) in [4.78, 5) is 17.4. The summed E-state index contributed by atoms with van der Waals surface area (Å²) >= 11 is 0. The lowest BCUT2D eigenvalue weighted by molar-refractivity contribution is -0.148. The Bertz CT molecular complexity index is 1010. The second-order valence-electron chi connectivity index (χ2n) is 11.4. The van der Waals surface area contributed by atoms with E-state index in [1.807, 2.05) is 11.9 Å². The topological polar surface area (TPSA) is 79.4 Å². The standard InChI is InChI=1S/C27H45N3O5S/c1-19-16-30(17-19)10-9-22-15-24(27(22,4)5)29(7)25(31)18-35-12-11-28(6)36(32,33)26-20(2)13-23(34-8)14-21(26)3/h13-14,19,22,24H,9-12,15-18H2,1-8H3/t22-,24+/m0/s1. The van der Waals surface area contributed by atoms with Gasteiger partial charge in [-0.3, -0.25) is 4.79 Å². The smallest absolute Gasteiger partial charge is 0.248 e. The third-order valence-corrected chi connectivity index (χ3v) is 10.5. The monoisotopic (exact) mass is 523 g/mol. The predicted molar refractivity (Wildman–Crippen MR) is 142 cm³/mol. The molecular formula is C27H45N3O5S. The lowest BCUT2D eigenvalue weighted by atomic mass is 9.57. The molecule has 1 aliphatic heterocycles. The van der Waals surface area contributed by atoms with Crippen LogP contribution in [-0.2, 0) is 19.6 Å². The van der Waals surface area contributed by atoms with Crippen molar-refractivity contribution < 1.29 is 22.7 Å². The van der Waals surface area contributed by atoms with Crippen molar-refractivity contribution in [1.82, 2.24) is 14.1 Å². The van der Waals surface area contributed by atoms with Crippen molar-refractivity contribution in [2.75, 3.05) is 60.6 Å². The molecule has 36 heavy (non-hydrogen) atoms. The van der Waals surface area contributed by atoms with Crippen LogP contribution in [-0.4, -0.2) is 95.1 Å². The van der Waals surface area contributed by atoms with Gasteiger partial charge in [-0.1, -0.05) is 20.8 Å². The molecule has 1 aliphatic carbocycles. The van der Waals surface area contributed by atoms with Gasteiger partial charge in [-0.25, -0.2) is 8.42 Å². The molecule has 2 atom stereocenters. The Morgan fingerprint density at radius 3 is 2.31 bits per heavy atom. The van der Waals surface area contributed by atoms with Gasteiger partial charge in [0, 0.05) is 39.8 Å².